The highest BCUT2D eigenvalue weighted by Gasteiger charge is 2.10. The Morgan fingerprint density at radius 2 is 1.86 bits per heavy atom. The van der Waals surface area contributed by atoms with Gasteiger partial charge in [-0.05, 0) is 37.8 Å². The third kappa shape index (κ3) is 4.57. The van der Waals surface area contributed by atoms with E-state index in [4.69, 9.17) is 0 Å². The van der Waals surface area contributed by atoms with Crippen molar-refractivity contribution in [2.75, 3.05) is 5.32 Å². The van der Waals surface area contributed by atoms with Crippen LogP contribution in [-0.4, -0.2) is 11.0 Å². The van der Waals surface area contributed by atoms with Gasteiger partial charge in [-0.3, -0.25) is 0 Å². The van der Waals surface area contributed by atoms with Crippen molar-refractivity contribution in [3.8, 4) is 11.3 Å². The van der Waals surface area contributed by atoms with E-state index in [1.165, 1.54) is 24.1 Å². The van der Waals surface area contributed by atoms with Crippen LogP contribution in [0.3, 0.4) is 0 Å². The molecule has 2 unspecified atom stereocenters. The van der Waals surface area contributed by atoms with Crippen LogP contribution < -0.4 is 5.32 Å². The summed E-state index contributed by atoms with van der Waals surface area (Å²) in [5.74, 6) is 0.778. The Morgan fingerprint density at radius 1 is 1.14 bits per heavy atom. The van der Waals surface area contributed by atoms with Gasteiger partial charge in [0.15, 0.2) is 0 Å². The lowest BCUT2D eigenvalue weighted by Crippen LogP contribution is -2.21. The number of rotatable bonds is 7. The molecule has 0 fully saturated rings. The molecule has 1 aromatic heterocycles. The second kappa shape index (κ2) is 7.60. The van der Waals surface area contributed by atoms with Gasteiger partial charge in [-0.1, -0.05) is 39.3 Å². The summed E-state index contributed by atoms with van der Waals surface area (Å²) in [6, 6.07) is 9.22. The Labute approximate surface area is 132 Å². The summed E-state index contributed by atoms with van der Waals surface area (Å²) < 4.78 is 0. The summed E-state index contributed by atoms with van der Waals surface area (Å²) in [6.07, 6.45) is 3.65. The number of thiazole rings is 1. The maximum Gasteiger partial charge on any atom is 0.0901 e. The quantitative estimate of drug-likeness (QED) is 0.705. The maximum absolute atomic E-state index is 4.54. The van der Waals surface area contributed by atoms with Gasteiger partial charge in [0.05, 0.1) is 10.7 Å². The van der Waals surface area contributed by atoms with Gasteiger partial charge < -0.3 is 5.32 Å². The van der Waals surface area contributed by atoms with E-state index in [9.17, 15) is 0 Å². The van der Waals surface area contributed by atoms with Gasteiger partial charge >= 0.3 is 0 Å². The standard InChI is InChI=1S/C18H26N2S/c1-5-13(3)11-16(6-2)20-17-9-7-15(8-10-17)18-12-21-14(4)19-18/h7-10,12-13,16,20H,5-6,11H2,1-4H3. The number of hydrogen-bond donors (Lipinski definition) is 1. The smallest absolute Gasteiger partial charge is 0.0901 e. The van der Waals surface area contributed by atoms with Gasteiger partial charge in [-0.2, -0.15) is 0 Å². The van der Waals surface area contributed by atoms with Gasteiger partial charge in [-0.25, -0.2) is 4.98 Å². The maximum atomic E-state index is 4.54. The molecule has 1 aromatic carbocycles. The van der Waals surface area contributed by atoms with Crippen molar-refractivity contribution in [2.24, 2.45) is 5.92 Å². The second-order valence-corrected chi connectivity index (χ2v) is 6.89. The molecular formula is C18H26N2S. The first-order chi connectivity index (χ1) is 10.1. The zero-order valence-corrected chi connectivity index (χ0v) is 14.3. The minimum absolute atomic E-state index is 0.562. The summed E-state index contributed by atoms with van der Waals surface area (Å²) in [7, 11) is 0. The fourth-order valence-electron chi connectivity index (χ4n) is 2.45. The van der Waals surface area contributed by atoms with Crippen molar-refractivity contribution in [1.82, 2.24) is 4.98 Å². The topological polar surface area (TPSA) is 24.9 Å². The minimum atomic E-state index is 0.562. The molecule has 2 rings (SSSR count). The lowest BCUT2D eigenvalue weighted by molar-refractivity contribution is 0.462. The molecule has 2 nitrogen and oxygen atoms in total. The molecule has 0 aliphatic carbocycles. The third-order valence-corrected chi connectivity index (χ3v) is 4.82. The summed E-state index contributed by atoms with van der Waals surface area (Å²) in [4.78, 5) is 4.54. The molecule has 0 saturated heterocycles. The van der Waals surface area contributed by atoms with Crippen LogP contribution in [0, 0.1) is 12.8 Å². The Kier molecular flexibility index (Phi) is 5.80. The summed E-state index contributed by atoms with van der Waals surface area (Å²) in [5, 5.41) is 6.90. The summed E-state index contributed by atoms with van der Waals surface area (Å²) >= 11 is 1.70. The third-order valence-electron chi connectivity index (χ3n) is 4.05. The molecule has 1 heterocycles. The first-order valence-electron chi connectivity index (χ1n) is 7.91. The van der Waals surface area contributed by atoms with Gasteiger partial charge in [0.1, 0.15) is 0 Å². The van der Waals surface area contributed by atoms with Gasteiger partial charge in [0.2, 0.25) is 0 Å². The molecule has 0 aliphatic heterocycles. The van der Waals surface area contributed by atoms with E-state index in [-0.39, 0.29) is 0 Å². The average Bonchev–Trinajstić information content (AvgIpc) is 2.93. The number of nitrogens with one attached hydrogen (secondary N) is 1. The first-order valence-corrected chi connectivity index (χ1v) is 8.79. The molecule has 0 spiro atoms. The van der Waals surface area contributed by atoms with E-state index < -0.39 is 0 Å². The predicted molar refractivity (Wildman–Crippen MR) is 94.1 cm³/mol. The fourth-order valence-corrected chi connectivity index (χ4v) is 3.07. The van der Waals surface area contributed by atoms with E-state index >= 15 is 0 Å². The second-order valence-electron chi connectivity index (χ2n) is 5.83. The highest BCUT2D eigenvalue weighted by Crippen LogP contribution is 2.24. The lowest BCUT2D eigenvalue weighted by atomic mass is 9.97. The van der Waals surface area contributed by atoms with Gasteiger partial charge in [0.25, 0.3) is 0 Å². The molecule has 0 radical (unpaired) electrons. The fraction of sp³-hybridized carbons (Fsp3) is 0.500. The largest absolute Gasteiger partial charge is 0.382 e. The van der Waals surface area contributed by atoms with E-state index in [0.29, 0.717) is 6.04 Å². The van der Waals surface area contributed by atoms with Crippen molar-refractivity contribution < 1.29 is 0 Å². The summed E-state index contributed by atoms with van der Waals surface area (Å²) in [6.45, 7) is 8.90. The van der Waals surface area contributed by atoms with Gasteiger partial charge in [-0.15, -0.1) is 11.3 Å². The number of benzene rings is 1. The Bertz CT molecular complexity index is 545. The number of anilines is 1. The van der Waals surface area contributed by atoms with E-state index in [0.717, 1.165) is 23.0 Å². The van der Waals surface area contributed by atoms with Crippen LogP contribution in [0.1, 0.15) is 45.0 Å². The highest BCUT2D eigenvalue weighted by atomic mass is 32.1. The van der Waals surface area contributed by atoms with Crippen LogP contribution in [-0.2, 0) is 0 Å². The van der Waals surface area contributed by atoms with Crippen LogP contribution in [0.5, 0.6) is 0 Å². The average molecular weight is 302 g/mol. The minimum Gasteiger partial charge on any atom is -0.382 e. The molecular weight excluding hydrogens is 276 g/mol. The normalized spacial score (nSPS) is 13.9. The van der Waals surface area contributed by atoms with E-state index in [2.05, 4.69) is 60.7 Å². The van der Waals surface area contributed by atoms with Crippen LogP contribution >= 0.6 is 11.3 Å². The van der Waals surface area contributed by atoms with Crippen molar-refractivity contribution in [1.29, 1.82) is 0 Å². The molecule has 2 aromatic rings. The van der Waals surface area contributed by atoms with Crippen molar-refractivity contribution in [3.63, 3.8) is 0 Å². The molecule has 114 valence electrons. The lowest BCUT2D eigenvalue weighted by Gasteiger charge is -2.21. The van der Waals surface area contributed by atoms with Crippen molar-refractivity contribution >= 4 is 17.0 Å². The Hall–Kier alpha value is -1.35. The molecule has 2 atom stereocenters. The zero-order chi connectivity index (χ0) is 15.2. The van der Waals surface area contributed by atoms with Crippen molar-refractivity contribution in [3.05, 3.63) is 34.7 Å². The molecule has 0 amide bonds. The van der Waals surface area contributed by atoms with Crippen LogP contribution in [0.4, 0.5) is 5.69 Å². The molecule has 21 heavy (non-hydrogen) atoms. The van der Waals surface area contributed by atoms with E-state index in [1.54, 1.807) is 11.3 Å². The molecule has 3 heteroatoms. The molecule has 1 N–H and O–H groups in total. The number of aryl methyl sites for hydroxylation is 1. The van der Waals surface area contributed by atoms with Crippen molar-refractivity contribution in [2.45, 2.75) is 53.0 Å². The van der Waals surface area contributed by atoms with Crippen LogP contribution in [0.2, 0.25) is 0 Å². The predicted octanol–water partition coefficient (Wildman–Crippen LogP) is 5.75. The van der Waals surface area contributed by atoms with Crippen LogP contribution in [0.25, 0.3) is 11.3 Å². The first kappa shape index (κ1) is 16.0. The number of nitrogens with zero attached hydrogens (tertiary/aromatic N) is 1. The Balaban J connectivity index is 2.01. The molecule has 0 bridgehead atoms. The SMILES string of the molecule is CCC(C)CC(CC)Nc1ccc(-c2csc(C)n2)cc1. The van der Waals surface area contributed by atoms with Crippen LogP contribution in [0.15, 0.2) is 29.6 Å². The number of hydrogen-bond acceptors (Lipinski definition) is 3. The van der Waals surface area contributed by atoms with E-state index in [1.807, 2.05) is 6.92 Å². The highest BCUT2D eigenvalue weighted by molar-refractivity contribution is 7.09. The monoisotopic (exact) mass is 302 g/mol. The number of aromatic nitrogens is 1. The Morgan fingerprint density at radius 3 is 2.38 bits per heavy atom. The molecule has 0 saturated carbocycles. The summed E-state index contributed by atoms with van der Waals surface area (Å²) in [5.41, 5.74) is 3.48. The molecule has 0 aliphatic rings. The zero-order valence-electron chi connectivity index (χ0n) is 13.5. The van der Waals surface area contributed by atoms with Gasteiger partial charge in [0, 0.05) is 22.7 Å².